The Morgan fingerprint density at radius 2 is 1.38 bits per heavy atom. The summed E-state index contributed by atoms with van der Waals surface area (Å²) in [4.78, 5) is 51.5. The molecule has 7 heteroatoms. The molecule has 4 aliphatic carbocycles. The van der Waals surface area contributed by atoms with Crippen molar-refractivity contribution < 1.29 is 33.4 Å². The van der Waals surface area contributed by atoms with Crippen LogP contribution in [0.3, 0.4) is 0 Å². The van der Waals surface area contributed by atoms with Crippen molar-refractivity contribution in [3.63, 3.8) is 0 Å². The van der Waals surface area contributed by atoms with E-state index in [4.69, 9.17) is 14.2 Å². The molecule has 188 valence electrons. The maximum absolute atomic E-state index is 13.3. The lowest BCUT2D eigenvalue weighted by atomic mass is 9.35. The molecule has 0 aromatic heterocycles. The van der Waals surface area contributed by atoms with Crippen molar-refractivity contribution in [3.05, 3.63) is 23.3 Å². The first-order valence-corrected chi connectivity index (χ1v) is 12.1. The smallest absolute Gasteiger partial charge is 0.333 e. The van der Waals surface area contributed by atoms with Gasteiger partial charge >= 0.3 is 17.9 Å². The van der Waals surface area contributed by atoms with Crippen LogP contribution in [0.1, 0.15) is 68.7 Å². The van der Waals surface area contributed by atoms with Gasteiger partial charge in [-0.25, -0.2) is 9.59 Å². The quantitative estimate of drug-likeness (QED) is 0.335. The number of hydrogen-bond donors (Lipinski definition) is 0. The minimum Gasteiger partial charge on any atom is -0.458 e. The number of carbonyl (C=O) groups is 4. The Morgan fingerprint density at radius 3 is 1.85 bits per heavy atom. The van der Waals surface area contributed by atoms with Crippen molar-refractivity contribution in [2.45, 2.75) is 87.0 Å². The SMILES string of the molecule is CC=C(C)C(=O)OC1C(OC(=O)C(C)=CC)C(C)(C)C2C3C(=O)CC(C)C2C3(C)C1OC(C)=O. The number of ether oxygens (including phenoxy) is 3. The third-order valence-electron chi connectivity index (χ3n) is 8.70. The molecule has 0 aliphatic heterocycles. The zero-order valence-electron chi connectivity index (χ0n) is 21.8. The van der Waals surface area contributed by atoms with Gasteiger partial charge in [-0.1, -0.05) is 39.8 Å². The molecule has 0 amide bonds. The fourth-order valence-corrected chi connectivity index (χ4v) is 6.92. The number of ketones is 1. The Hall–Kier alpha value is -2.44. The lowest BCUT2D eigenvalue weighted by molar-refractivity contribution is -0.242. The Morgan fingerprint density at radius 1 is 0.853 bits per heavy atom. The van der Waals surface area contributed by atoms with Crippen molar-refractivity contribution >= 4 is 23.7 Å². The van der Waals surface area contributed by atoms with E-state index in [1.807, 2.05) is 27.7 Å². The Kier molecular flexibility index (Phi) is 6.90. The highest BCUT2D eigenvalue weighted by molar-refractivity contribution is 5.89. The molecular formula is C27H38O7. The third-order valence-corrected chi connectivity index (χ3v) is 8.70. The summed E-state index contributed by atoms with van der Waals surface area (Å²) < 4.78 is 17.9. The van der Waals surface area contributed by atoms with Crippen LogP contribution in [-0.2, 0) is 33.4 Å². The molecule has 0 spiro atoms. The number of allylic oxidation sites excluding steroid dienone is 2. The number of rotatable bonds is 5. The Bertz CT molecular complexity index is 958. The Labute approximate surface area is 202 Å². The van der Waals surface area contributed by atoms with E-state index in [1.54, 1.807) is 39.8 Å². The maximum Gasteiger partial charge on any atom is 0.333 e. The van der Waals surface area contributed by atoms with E-state index in [0.29, 0.717) is 17.6 Å². The van der Waals surface area contributed by atoms with Crippen molar-refractivity contribution in [1.82, 2.24) is 0 Å². The molecule has 4 bridgehead atoms. The number of carbonyl (C=O) groups excluding carboxylic acids is 4. The van der Waals surface area contributed by atoms with E-state index in [1.165, 1.54) is 6.92 Å². The summed E-state index contributed by atoms with van der Waals surface area (Å²) in [6.07, 6.45) is 0.858. The van der Waals surface area contributed by atoms with Crippen LogP contribution in [0.15, 0.2) is 23.3 Å². The number of hydrogen-bond acceptors (Lipinski definition) is 7. The van der Waals surface area contributed by atoms with Gasteiger partial charge in [0.2, 0.25) is 0 Å². The van der Waals surface area contributed by atoms with Crippen LogP contribution in [0, 0.1) is 34.5 Å². The van der Waals surface area contributed by atoms with Gasteiger partial charge in [0, 0.05) is 41.2 Å². The molecule has 4 aliphatic rings. The largest absolute Gasteiger partial charge is 0.458 e. The highest BCUT2D eigenvalue weighted by Gasteiger charge is 2.78. The molecule has 34 heavy (non-hydrogen) atoms. The number of esters is 3. The molecule has 0 saturated heterocycles. The maximum atomic E-state index is 13.3. The van der Waals surface area contributed by atoms with Crippen LogP contribution < -0.4 is 0 Å². The van der Waals surface area contributed by atoms with Crippen molar-refractivity contribution in [3.8, 4) is 0 Å². The van der Waals surface area contributed by atoms with Crippen LogP contribution in [0.2, 0.25) is 0 Å². The Balaban J connectivity index is 2.22. The van der Waals surface area contributed by atoms with Crippen LogP contribution >= 0.6 is 0 Å². The molecule has 8 unspecified atom stereocenters. The molecule has 7 nitrogen and oxygen atoms in total. The average molecular weight is 475 g/mol. The highest BCUT2D eigenvalue weighted by Crippen LogP contribution is 2.73. The second-order valence-electron chi connectivity index (χ2n) is 11.0. The highest BCUT2D eigenvalue weighted by atomic mass is 16.6. The third kappa shape index (κ3) is 3.81. The molecule has 0 radical (unpaired) electrons. The predicted molar refractivity (Wildman–Crippen MR) is 125 cm³/mol. The van der Waals surface area contributed by atoms with Gasteiger partial charge in [-0.2, -0.15) is 0 Å². The van der Waals surface area contributed by atoms with Gasteiger partial charge < -0.3 is 14.2 Å². The summed E-state index contributed by atoms with van der Waals surface area (Å²) in [6.45, 7) is 16.0. The van der Waals surface area contributed by atoms with E-state index < -0.39 is 47.0 Å². The van der Waals surface area contributed by atoms with E-state index in [2.05, 4.69) is 0 Å². The molecule has 8 atom stereocenters. The summed E-state index contributed by atoms with van der Waals surface area (Å²) in [6, 6.07) is 0. The second kappa shape index (κ2) is 8.97. The van der Waals surface area contributed by atoms with Crippen LogP contribution in [0.5, 0.6) is 0 Å². The van der Waals surface area contributed by atoms with Crippen molar-refractivity contribution in [2.75, 3.05) is 0 Å². The molecule has 4 saturated carbocycles. The second-order valence-corrected chi connectivity index (χ2v) is 11.0. The number of fused-ring (bicyclic) bond motifs is 3. The zero-order chi connectivity index (χ0) is 25.7. The van der Waals surface area contributed by atoms with Crippen LogP contribution in [0.4, 0.5) is 0 Å². The first-order chi connectivity index (χ1) is 15.7. The first kappa shape index (κ1) is 26.2. The van der Waals surface area contributed by atoms with Crippen molar-refractivity contribution in [1.29, 1.82) is 0 Å². The van der Waals surface area contributed by atoms with E-state index in [9.17, 15) is 19.2 Å². The fraction of sp³-hybridized carbons (Fsp3) is 0.704. The van der Waals surface area contributed by atoms with Gasteiger partial charge in [-0.05, 0) is 45.4 Å². The van der Waals surface area contributed by atoms with Gasteiger partial charge in [0.25, 0.3) is 0 Å². The summed E-state index contributed by atoms with van der Waals surface area (Å²) in [5, 5.41) is 0. The monoisotopic (exact) mass is 474 g/mol. The molecule has 0 aromatic rings. The summed E-state index contributed by atoms with van der Waals surface area (Å²) >= 11 is 0. The molecule has 0 heterocycles. The lowest BCUT2D eigenvalue weighted by Gasteiger charge is -2.68. The fourth-order valence-electron chi connectivity index (χ4n) is 6.92. The minimum atomic E-state index is -1.06. The van der Waals surface area contributed by atoms with Gasteiger partial charge in [0.15, 0.2) is 6.10 Å². The van der Waals surface area contributed by atoms with E-state index in [-0.39, 0.29) is 29.5 Å². The summed E-state index contributed by atoms with van der Waals surface area (Å²) in [5.74, 6) is -1.87. The molecular weight excluding hydrogens is 436 g/mol. The summed E-state index contributed by atoms with van der Waals surface area (Å²) in [7, 11) is 0. The molecule has 4 fully saturated rings. The van der Waals surface area contributed by atoms with E-state index >= 15 is 0 Å². The predicted octanol–water partition coefficient (Wildman–Crippen LogP) is 4.19. The van der Waals surface area contributed by atoms with Crippen LogP contribution in [-0.4, -0.2) is 42.0 Å². The zero-order valence-corrected chi connectivity index (χ0v) is 21.8. The number of Topliss-reactive ketones (excluding diaryl/α,β-unsaturated/α-hetero) is 1. The topological polar surface area (TPSA) is 96.0 Å². The molecule has 4 rings (SSSR count). The van der Waals surface area contributed by atoms with Gasteiger partial charge in [0.1, 0.15) is 18.0 Å². The average Bonchev–Trinajstić information content (AvgIpc) is 2.83. The molecule has 0 N–H and O–H groups in total. The van der Waals surface area contributed by atoms with Gasteiger partial charge in [-0.3, -0.25) is 9.59 Å². The summed E-state index contributed by atoms with van der Waals surface area (Å²) in [5.41, 5.74) is -0.636. The van der Waals surface area contributed by atoms with Gasteiger partial charge in [-0.15, -0.1) is 0 Å². The standard InChI is InChI=1S/C27H38O7/c1-10-13(3)24(30)33-21-22(34-25(31)14(4)11-2)26(7,8)20-18-15(5)12-17(29)19(20)27(18,9)23(21)32-16(6)28/h10-11,15,18-23H,12H2,1-9H3. The normalized spacial score (nSPS) is 38.9. The molecule has 0 aromatic carbocycles. The van der Waals surface area contributed by atoms with Crippen LogP contribution in [0.25, 0.3) is 0 Å². The van der Waals surface area contributed by atoms with Crippen molar-refractivity contribution in [2.24, 2.45) is 34.5 Å². The lowest BCUT2D eigenvalue weighted by Crippen LogP contribution is -2.71. The minimum absolute atomic E-state index is 0.0464. The van der Waals surface area contributed by atoms with E-state index in [0.717, 1.165) is 0 Å². The van der Waals surface area contributed by atoms with Gasteiger partial charge in [0.05, 0.1) is 0 Å². The first-order valence-electron chi connectivity index (χ1n) is 12.1.